The summed E-state index contributed by atoms with van der Waals surface area (Å²) in [6, 6.07) is 0. The van der Waals surface area contributed by atoms with E-state index >= 15 is 0 Å². The van der Waals surface area contributed by atoms with Crippen molar-refractivity contribution in [1.82, 2.24) is 30.0 Å². The zero-order valence-corrected chi connectivity index (χ0v) is 11.1. The third-order valence-corrected chi connectivity index (χ3v) is 3.54. The highest BCUT2D eigenvalue weighted by molar-refractivity contribution is 5.96. The van der Waals surface area contributed by atoms with Crippen LogP contribution in [0.25, 0.3) is 0 Å². The Kier molecular flexibility index (Phi) is 3.09. The van der Waals surface area contributed by atoms with Gasteiger partial charge in [-0.15, -0.1) is 10.2 Å². The van der Waals surface area contributed by atoms with Crippen molar-refractivity contribution < 1.29 is 9.42 Å². The lowest BCUT2D eigenvalue weighted by molar-refractivity contribution is 0.0693. The molecule has 0 aromatic carbocycles. The van der Waals surface area contributed by atoms with Crippen molar-refractivity contribution in [3.8, 4) is 0 Å². The summed E-state index contributed by atoms with van der Waals surface area (Å²) in [7, 11) is 1.90. The van der Waals surface area contributed by atoms with Gasteiger partial charge in [0.05, 0.1) is 0 Å². The van der Waals surface area contributed by atoms with E-state index in [4.69, 9.17) is 5.73 Å². The zero-order valence-electron chi connectivity index (χ0n) is 11.1. The molecule has 0 spiro atoms. The molecule has 2 aromatic rings. The summed E-state index contributed by atoms with van der Waals surface area (Å²) >= 11 is 0. The van der Waals surface area contributed by atoms with Gasteiger partial charge in [-0.1, -0.05) is 0 Å². The molecule has 0 bridgehead atoms. The molecule has 1 amide bonds. The normalized spacial score (nSPS) is 19.2. The first kappa shape index (κ1) is 12.6. The zero-order chi connectivity index (χ0) is 14.1. The second-order valence-corrected chi connectivity index (χ2v) is 4.89. The Labute approximate surface area is 114 Å². The summed E-state index contributed by atoms with van der Waals surface area (Å²) in [6.45, 7) is 1.23. The van der Waals surface area contributed by atoms with Crippen molar-refractivity contribution in [2.75, 3.05) is 18.8 Å². The van der Waals surface area contributed by atoms with Crippen LogP contribution < -0.4 is 5.73 Å². The number of nitrogens with two attached hydrogens (primary N) is 1. The number of aromatic nitrogens is 5. The number of likely N-dealkylation sites (tertiary alicyclic amines) is 1. The average Bonchev–Trinajstić information content (AvgIpc) is 3.07. The van der Waals surface area contributed by atoms with Crippen LogP contribution in [0, 0.1) is 0 Å². The SMILES string of the molecule is Cn1cnnc1C1CCCN(C(=O)c2nonc2N)C1. The van der Waals surface area contributed by atoms with Crippen molar-refractivity contribution >= 4 is 11.7 Å². The van der Waals surface area contributed by atoms with Gasteiger partial charge < -0.3 is 15.2 Å². The molecule has 9 nitrogen and oxygen atoms in total. The Morgan fingerprint density at radius 2 is 2.35 bits per heavy atom. The van der Waals surface area contributed by atoms with E-state index in [-0.39, 0.29) is 23.3 Å². The summed E-state index contributed by atoms with van der Waals surface area (Å²) in [4.78, 5) is 14.0. The average molecular weight is 277 g/mol. The van der Waals surface area contributed by atoms with Gasteiger partial charge in [-0.2, -0.15) is 0 Å². The second kappa shape index (κ2) is 4.91. The van der Waals surface area contributed by atoms with Crippen LogP contribution in [0.1, 0.15) is 35.1 Å². The lowest BCUT2D eigenvalue weighted by atomic mass is 9.97. The van der Waals surface area contributed by atoms with Gasteiger partial charge in [-0.25, -0.2) is 4.63 Å². The Balaban J connectivity index is 1.77. The minimum atomic E-state index is -0.254. The third kappa shape index (κ3) is 2.10. The maximum absolute atomic E-state index is 12.3. The molecule has 1 fully saturated rings. The molecule has 1 aliphatic heterocycles. The molecule has 2 aromatic heterocycles. The first-order chi connectivity index (χ1) is 9.66. The van der Waals surface area contributed by atoms with Crippen LogP contribution in [0.3, 0.4) is 0 Å². The fourth-order valence-electron chi connectivity index (χ4n) is 2.53. The van der Waals surface area contributed by atoms with Gasteiger partial charge in [-0.05, 0) is 23.2 Å². The molecule has 1 atom stereocenters. The van der Waals surface area contributed by atoms with E-state index in [1.54, 1.807) is 11.2 Å². The van der Waals surface area contributed by atoms with Gasteiger partial charge in [0, 0.05) is 26.1 Å². The van der Waals surface area contributed by atoms with Crippen LogP contribution in [0.4, 0.5) is 5.82 Å². The summed E-state index contributed by atoms with van der Waals surface area (Å²) in [5.41, 5.74) is 5.63. The molecular weight excluding hydrogens is 262 g/mol. The highest BCUT2D eigenvalue weighted by Gasteiger charge is 2.30. The Hall–Kier alpha value is -2.45. The smallest absolute Gasteiger partial charge is 0.280 e. The number of rotatable bonds is 2. The Morgan fingerprint density at radius 3 is 3.00 bits per heavy atom. The van der Waals surface area contributed by atoms with Crippen LogP contribution in [0.2, 0.25) is 0 Å². The Bertz CT molecular complexity index is 620. The van der Waals surface area contributed by atoms with E-state index in [9.17, 15) is 4.79 Å². The van der Waals surface area contributed by atoms with Gasteiger partial charge in [-0.3, -0.25) is 4.79 Å². The number of anilines is 1. The van der Waals surface area contributed by atoms with Crippen molar-refractivity contribution in [2.24, 2.45) is 7.05 Å². The summed E-state index contributed by atoms with van der Waals surface area (Å²) in [5, 5.41) is 15.0. The van der Waals surface area contributed by atoms with Crippen LogP contribution in [-0.2, 0) is 7.05 Å². The molecule has 1 saturated heterocycles. The predicted molar refractivity (Wildman–Crippen MR) is 67.6 cm³/mol. The molecule has 9 heteroatoms. The van der Waals surface area contributed by atoms with Crippen molar-refractivity contribution in [1.29, 1.82) is 0 Å². The van der Waals surface area contributed by atoms with Gasteiger partial charge in [0.15, 0.2) is 0 Å². The predicted octanol–water partition coefficient (Wildman–Crippen LogP) is -0.200. The summed E-state index contributed by atoms with van der Waals surface area (Å²) in [6.07, 6.45) is 3.53. The van der Waals surface area contributed by atoms with Gasteiger partial charge in [0.2, 0.25) is 11.5 Å². The van der Waals surface area contributed by atoms with E-state index in [1.165, 1.54) is 0 Å². The maximum Gasteiger partial charge on any atom is 0.280 e. The van der Waals surface area contributed by atoms with Gasteiger partial charge in [0.25, 0.3) is 5.91 Å². The molecule has 0 aliphatic carbocycles. The molecule has 1 unspecified atom stereocenters. The number of hydrogen-bond donors (Lipinski definition) is 1. The molecule has 106 valence electrons. The number of carbonyl (C=O) groups excluding carboxylic acids is 1. The fraction of sp³-hybridized carbons (Fsp3) is 0.545. The molecule has 20 heavy (non-hydrogen) atoms. The number of hydrogen-bond acceptors (Lipinski definition) is 7. The van der Waals surface area contributed by atoms with Crippen molar-refractivity contribution in [3.63, 3.8) is 0 Å². The van der Waals surface area contributed by atoms with Gasteiger partial charge >= 0.3 is 0 Å². The third-order valence-electron chi connectivity index (χ3n) is 3.54. The molecular formula is C11H15N7O2. The lowest BCUT2D eigenvalue weighted by Crippen LogP contribution is -2.40. The first-order valence-corrected chi connectivity index (χ1v) is 6.38. The molecule has 0 saturated carbocycles. The molecule has 3 heterocycles. The standard InChI is InChI=1S/C11H15N7O2/c1-17-6-13-14-10(17)7-3-2-4-18(5-7)11(19)8-9(12)16-20-15-8/h6-7H,2-5H2,1H3,(H2,12,16). The quantitative estimate of drug-likeness (QED) is 0.807. The highest BCUT2D eigenvalue weighted by Crippen LogP contribution is 2.26. The monoisotopic (exact) mass is 277 g/mol. The molecule has 0 radical (unpaired) electrons. The van der Waals surface area contributed by atoms with E-state index in [0.29, 0.717) is 13.1 Å². The van der Waals surface area contributed by atoms with Crippen molar-refractivity contribution in [3.05, 3.63) is 17.8 Å². The number of aryl methyl sites for hydroxylation is 1. The van der Waals surface area contributed by atoms with Gasteiger partial charge in [0.1, 0.15) is 12.2 Å². The lowest BCUT2D eigenvalue weighted by Gasteiger charge is -2.31. The second-order valence-electron chi connectivity index (χ2n) is 4.89. The first-order valence-electron chi connectivity index (χ1n) is 6.38. The number of nitrogens with zero attached hydrogens (tertiary/aromatic N) is 6. The van der Waals surface area contributed by atoms with E-state index in [2.05, 4.69) is 25.1 Å². The Morgan fingerprint density at radius 1 is 1.50 bits per heavy atom. The summed E-state index contributed by atoms with van der Waals surface area (Å²) < 4.78 is 6.36. The van der Waals surface area contributed by atoms with E-state index in [0.717, 1.165) is 18.7 Å². The summed E-state index contributed by atoms with van der Waals surface area (Å²) in [5.74, 6) is 0.821. The largest absolute Gasteiger partial charge is 0.379 e. The number of carbonyl (C=O) groups is 1. The van der Waals surface area contributed by atoms with Crippen LogP contribution in [0.5, 0.6) is 0 Å². The molecule has 1 aliphatic rings. The molecule has 2 N–H and O–H groups in total. The van der Waals surface area contributed by atoms with E-state index in [1.807, 2.05) is 11.6 Å². The molecule has 3 rings (SSSR count). The van der Waals surface area contributed by atoms with Crippen LogP contribution in [0.15, 0.2) is 11.0 Å². The minimum absolute atomic E-state index is 0.0239. The minimum Gasteiger partial charge on any atom is -0.379 e. The fourth-order valence-corrected chi connectivity index (χ4v) is 2.53. The van der Waals surface area contributed by atoms with Crippen molar-refractivity contribution in [2.45, 2.75) is 18.8 Å². The number of nitrogen functional groups attached to an aromatic ring is 1. The number of amides is 1. The van der Waals surface area contributed by atoms with Crippen LogP contribution >= 0.6 is 0 Å². The topological polar surface area (TPSA) is 116 Å². The maximum atomic E-state index is 12.3. The van der Waals surface area contributed by atoms with Crippen LogP contribution in [-0.4, -0.2) is 49.0 Å². The van der Waals surface area contributed by atoms with E-state index < -0.39 is 0 Å². The number of piperidine rings is 1. The highest BCUT2D eigenvalue weighted by atomic mass is 16.6.